The number of allylic oxidation sites excluding steroid dienone is 2. The van der Waals surface area contributed by atoms with Crippen molar-refractivity contribution in [2.45, 2.75) is 6.04 Å². The molecule has 2 aliphatic rings. The first-order valence-electron chi connectivity index (χ1n) is 16.9. The molecular formula is C44H27N5. The van der Waals surface area contributed by atoms with Crippen LogP contribution in [0.2, 0.25) is 0 Å². The number of para-hydroxylation sites is 5. The van der Waals surface area contributed by atoms with E-state index < -0.39 is 0 Å². The summed E-state index contributed by atoms with van der Waals surface area (Å²) in [6, 6.07) is 46.3. The minimum absolute atomic E-state index is 0.0183. The number of nitrogens with one attached hydrogen (secondary N) is 1. The van der Waals surface area contributed by atoms with Crippen LogP contribution in [-0.2, 0) is 0 Å². The molecule has 0 radical (unpaired) electrons. The van der Waals surface area contributed by atoms with Crippen molar-refractivity contribution in [3.63, 3.8) is 0 Å². The van der Waals surface area contributed by atoms with E-state index in [-0.39, 0.29) is 6.04 Å². The first-order valence-corrected chi connectivity index (χ1v) is 16.9. The third kappa shape index (κ3) is 3.08. The molecule has 5 heterocycles. The normalized spacial score (nSPS) is 15.7. The van der Waals surface area contributed by atoms with Gasteiger partial charge in [-0.1, -0.05) is 109 Å². The third-order valence-electron chi connectivity index (χ3n) is 10.7. The van der Waals surface area contributed by atoms with Crippen LogP contribution in [0.25, 0.3) is 82.2 Å². The highest BCUT2D eigenvalue weighted by Crippen LogP contribution is 2.53. The fourth-order valence-electron chi connectivity index (χ4n) is 8.87. The van der Waals surface area contributed by atoms with Crippen molar-refractivity contribution in [1.82, 2.24) is 13.5 Å². The Morgan fingerprint density at radius 2 is 1.08 bits per heavy atom. The second kappa shape index (κ2) is 9.06. The lowest BCUT2D eigenvalue weighted by Gasteiger charge is -2.23. The highest BCUT2D eigenvalue weighted by Gasteiger charge is 2.33. The van der Waals surface area contributed by atoms with E-state index >= 15 is 0 Å². The van der Waals surface area contributed by atoms with Crippen LogP contribution in [-0.4, -0.2) is 25.3 Å². The molecular weight excluding hydrogens is 599 g/mol. The first kappa shape index (κ1) is 25.5. The second-order valence-corrected chi connectivity index (χ2v) is 13.2. The molecule has 6 aromatic carbocycles. The number of hydrogen-bond acceptors (Lipinski definition) is 2. The summed E-state index contributed by atoms with van der Waals surface area (Å²) in [6.07, 6.45) is 8.52. The van der Waals surface area contributed by atoms with Crippen molar-refractivity contribution in [3.05, 3.63) is 152 Å². The van der Waals surface area contributed by atoms with E-state index in [1.807, 2.05) is 0 Å². The average Bonchev–Trinajstić information content (AvgIpc) is 3.89. The average molecular weight is 626 g/mol. The maximum absolute atomic E-state index is 5.31. The van der Waals surface area contributed by atoms with E-state index in [2.05, 4.69) is 171 Å². The molecule has 49 heavy (non-hydrogen) atoms. The summed E-state index contributed by atoms with van der Waals surface area (Å²) >= 11 is 0. The van der Waals surface area contributed by atoms with E-state index in [0.717, 1.165) is 28.6 Å². The van der Waals surface area contributed by atoms with Crippen LogP contribution in [0.15, 0.2) is 157 Å². The smallest absolute Gasteiger partial charge is 0.139 e. The molecule has 0 spiro atoms. The molecule has 0 saturated heterocycles. The molecule has 10 aromatic rings. The van der Waals surface area contributed by atoms with Gasteiger partial charge in [-0.3, -0.25) is 4.40 Å². The molecule has 5 heteroatoms. The fourth-order valence-corrected chi connectivity index (χ4v) is 8.87. The second-order valence-electron chi connectivity index (χ2n) is 13.2. The number of benzene rings is 6. The van der Waals surface area contributed by atoms with Gasteiger partial charge in [-0.2, -0.15) is 0 Å². The Labute approximate surface area is 280 Å². The Balaban J connectivity index is 1.45. The zero-order valence-corrected chi connectivity index (χ0v) is 26.3. The van der Waals surface area contributed by atoms with Crippen LogP contribution in [0.3, 0.4) is 0 Å². The topological polar surface area (TPSA) is 38.7 Å². The van der Waals surface area contributed by atoms with Crippen molar-refractivity contribution < 1.29 is 0 Å². The number of aliphatic imine (C=N–C) groups is 1. The summed E-state index contributed by atoms with van der Waals surface area (Å²) in [5.74, 6) is 1.05. The lowest BCUT2D eigenvalue weighted by Crippen LogP contribution is -2.30. The van der Waals surface area contributed by atoms with Gasteiger partial charge < -0.3 is 14.5 Å². The molecule has 1 unspecified atom stereocenters. The maximum atomic E-state index is 5.31. The predicted octanol–water partition coefficient (Wildman–Crippen LogP) is 10.9. The zero-order chi connectivity index (χ0) is 31.8. The molecule has 1 atom stereocenters. The van der Waals surface area contributed by atoms with Crippen LogP contribution in [0, 0.1) is 0 Å². The molecule has 0 saturated carbocycles. The summed E-state index contributed by atoms with van der Waals surface area (Å²) in [5.41, 5.74) is 11.6. The van der Waals surface area contributed by atoms with Gasteiger partial charge in [0, 0.05) is 49.1 Å². The van der Waals surface area contributed by atoms with Gasteiger partial charge in [-0.25, -0.2) is 4.99 Å². The van der Waals surface area contributed by atoms with Crippen LogP contribution < -0.4 is 5.32 Å². The molecule has 1 N–H and O–H groups in total. The minimum Gasteiger partial charge on any atom is -0.357 e. The van der Waals surface area contributed by atoms with Gasteiger partial charge in [0.15, 0.2) is 0 Å². The van der Waals surface area contributed by atoms with Crippen LogP contribution >= 0.6 is 0 Å². The van der Waals surface area contributed by atoms with E-state index in [1.54, 1.807) is 0 Å². The molecule has 0 amide bonds. The Morgan fingerprint density at radius 1 is 0.490 bits per heavy atom. The van der Waals surface area contributed by atoms with Crippen LogP contribution in [0.5, 0.6) is 0 Å². The summed E-state index contributed by atoms with van der Waals surface area (Å²) in [6.45, 7) is 0. The van der Waals surface area contributed by atoms with Crippen molar-refractivity contribution in [2.75, 3.05) is 5.32 Å². The standard InChI is InChI=1S/C44H27N5/c1-3-14-26(15-4-1)47-34-24-11-7-18-28(34)36-37-30-20-13-21-31-39-44(46-33-23-10-9-22-32(33)45-39)49(40(30)31)42(37)43-38(41(36)47)29-19-8-12-25-35(29)48(43)27-16-5-2-6-17-27/h1-25,33,46H. The van der Waals surface area contributed by atoms with Gasteiger partial charge in [-0.05, 0) is 42.5 Å². The summed E-state index contributed by atoms with van der Waals surface area (Å²) in [4.78, 5) is 5.31. The van der Waals surface area contributed by atoms with E-state index in [0.29, 0.717) is 0 Å². The third-order valence-corrected chi connectivity index (χ3v) is 10.7. The van der Waals surface area contributed by atoms with Crippen LogP contribution in [0.4, 0.5) is 11.5 Å². The van der Waals surface area contributed by atoms with Gasteiger partial charge in [0.05, 0.1) is 44.9 Å². The monoisotopic (exact) mass is 625 g/mol. The Bertz CT molecular complexity index is 3110. The summed E-state index contributed by atoms with van der Waals surface area (Å²) < 4.78 is 7.48. The first-order chi connectivity index (χ1) is 24.4. The largest absolute Gasteiger partial charge is 0.357 e. The molecule has 4 aromatic heterocycles. The predicted molar refractivity (Wildman–Crippen MR) is 205 cm³/mol. The summed E-state index contributed by atoms with van der Waals surface area (Å²) in [7, 11) is 0. The quantitative estimate of drug-likeness (QED) is 0.204. The highest BCUT2D eigenvalue weighted by molar-refractivity contribution is 6.42. The van der Waals surface area contributed by atoms with Crippen molar-refractivity contribution in [1.29, 1.82) is 0 Å². The number of hydrogen-bond donors (Lipinski definition) is 1. The maximum Gasteiger partial charge on any atom is 0.139 e. The summed E-state index contributed by atoms with van der Waals surface area (Å²) in [5, 5.41) is 12.6. The molecule has 1 aliphatic carbocycles. The molecule has 5 nitrogen and oxygen atoms in total. The van der Waals surface area contributed by atoms with Crippen LogP contribution in [0.1, 0.15) is 0 Å². The molecule has 12 rings (SSSR count). The minimum atomic E-state index is 0.0183. The lowest BCUT2D eigenvalue weighted by molar-refractivity contribution is 1.09. The SMILES string of the molecule is C1=CC2=Nc3c(n4c5c3cccc5c3c5c6ccccc6n(-c6ccccc6)c5c5c6ccccc6n(-c6ccccc6)c5c34)NC2C=C1. The van der Waals surface area contributed by atoms with Gasteiger partial charge in [0.1, 0.15) is 11.5 Å². The number of rotatable bonds is 2. The zero-order valence-electron chi connectivity index (χ0n) is 26.3. The Morgan fingerprint density at radius 3 is 1.82 bits per heavy atom. The Kier molecular flexibility index (Phi) is 4.71. The van der Waals surface area contributed by atoms with Crippen molar-refractivity contribution in [3.8, 4) is 11.4 Å². The highest BCUT2D eigenvalue weighted by atomic mass is 15.2. The molecule has 0 fully saturated rings. The molecule has 1 aliphatic heterocycles. The van der Waals surface area contributed by atoms with E-state index in [9.17, 15) is 0 Å². The van der Waals surface area contributed by atoms with Gasteiger partial charge >= 0.3 is 0 Å². The van der Waals surface area contributed by atoms with E-state index in [1.165, 1.54) is 70.8 Å². The van der Waals surface area contributed by atoms with Gasteiger partial charge in [0.2, 0.25) is 0 Å². The van der Waals surface area contributed by atoms with Crippen molar-refractivity contribution >= 4 is 88.0 Å². The van der Waals surface area contributed by atoms with Gasteiger partial charge in [-0.15, -0.1) is 0 Å². The molecule has 228 valence electrons. The fraction of sp³-hybridized carbons (Fsp3) is 0.0227. The number of aromatic nitrogens is 3. The molecule has 0 bridgehead atoms. The number of fused-ring (bicyclic) bond motifs is 16. The lowest BCUT2D eigenvalue weighted by atomic mass is 10.00. The van der Waals surface area contributed by atoms with E-state index in [4.69, 9.17) is 4.99 Å². The number of nitrogens with zero attached hydrogens (tertiary/aromatic N) is 4. The van der Waals surface area contributed by atoms with Gasteiger partial charge in [0.25, 0.3) is 0 Å². The Hall–Kier alpha value is -6.59. The van der Waals surface area contributed by atoms with Crippen molar-refractivity contribution in [2.24, 2.45) is 4.99 Å². The number of anilines is 1.